The van der Waals surface area contributed by atoms with Crippen LogP contribution in [0.1, 0.15) is 44.4 Å². The number of hydrogen-bond donors (Lipinski definition) is 3. The van der Waals surface area contributed by atoms with Gasteiger partial charge in [-0.1, -0.05) is 13.0 Å². The molecule has 0 aliphatic carbocycles. The lowest BCUT2D eigenvalue weighted by Gasteiger charge is -2.08. The van der Waals surface area contributed by atoms with Gasteiger partial charge in [0.2, 0.25) is 5.91 Å². The number of anilines is 1. The van der Waals surface area contributed by atoms with E-state index in [0.717, 1.165) is 6.42 Å². The molecule has 2 aromatic rings. The molecule has 2 rings (SSSR count). The summed E-state index contributed by atoms with van der Waals surface area (Å²) in [5, 5.41) is 5.51. The number of nitrogens with one attached hydrogen (secondary N) is 2. The van der Waals surface area contributed by atoms with Crippen molar-refractivity contribution in [2.45, 2.75) is 13.3 Å². The summed E-state index contributed by atoms with van der Waals surface area (Å²) in [6, 6.07) is 12.7. The molecular weight excluding hydrogens is 306 g/mol. The van der Waals surface area contributed by atoms with Crippen molar-refractivity contribution in [3.8, 4) is 0 Å². The molecule has 0 spiro atoms. The average molecular weight is 325 g/mol. The Bertz CT molecular complexity index is 754. The quantitative estimate of drug-likeness (QED) is 0.758. The van der Waals surface area contributed by atoms with Crippen molar-refractivity contribution in [1.29, 1.82) is 0 Å². The average Bonchev–Trinajstić information content (AvgIpc) is 2.60. The first-order valence-electron chi connectivity index (χ1n) is 7.60. The smallest absolute Gasteiger partial charge is 0.255 e. The Morgan fingerprint density at radius 1 is 0.917 bits per heavy atom. The van der Waals surface area contributed by atoms with E-state index in [9.17, 15) is 14.4 Å². The third kappa shape index (κ3) is 4.42. The van der Waals surface area contributed by atoms with E-state index < -0.39 is 5.91 Å². The summed E-state index contributed by atoms with van der Waals surface area (Å²) >= 11 is 0. The van der Waals surface area contributed by atoms with Gasteiger partial charge in [0.15, 0.2) is 0 Å². The molecule has 0 aliphatic heterocycles. The zero-order valence-electron chi connectivity index (χ0n) is 13.3. The third-order valence-electron chi connectivity index (χ3n) is 3.35. The standard InChI is InChI=1S/C18H19N3O3/c1-2-10-20-17(23)14-4-3-5-15(11-14)21-18(24)13-8-6-12(7-9-13)16(19)22/h3-9,11H,2,10H2,1H3,(H2,19,22)(H,20,23)(H,21,24). The Balaban J connectivity index is 2.08. The van der Waals surface area contributed by atoms with Crippen LogP contribution in [0.4, 0.5) is 5.69 Å². The van der Waals surface area contributed by atoms with Gasteiger partial charge >= 0.3 is 0 Å². The highest BCUT2D eigenvalue weighted by Crippen LogP contribution is 2.13. The summed E-state index contributed by atoms with van der Waals surface area (Å²) < 4.78 is 0. The fourth-order valence-corrected chi connectivity index (χ4v) is 2.07. The molecule has 124 valence electrons. The van der Waals surface area contributed by atoms with Crippen LogP contribution in [0.3, 0.4) is 0 Å². The number of rotatable bonds is 6. The fraction of sp³-hybridized carbons (Fsp3) is 0.167. The van der Waals surface area contributed by atoms with Crippen LogP contribution in [-0.4, -0.2) is 24.3 Å². The molecule has 3 amide bonds. The molecule has 6 heteroatoms. The van der Waals surface area contributed by atoms with Crippen LogP contribution in [0.15, 0.2) is 48.5 Å². The van der Waals surface area contributed by atoms with Crippen molar-refractivity contribution in [3.63, 3.8) is 0 Å². The van der Waals surface area contributed by atoms with E-state index in [2.05, 4.69) is 10.6 Å². The van der Waals surface area contributed by atoms with Gasteiger partial charge < -0.3 is 16.4 Å². The minimum absolute atomic E-state index is 0.182. The van der Waals surface area contributed by atoms with Crippen molar-refractivity contribution in [3.05, 3.63) is 65.2 Å². The number of hydrogen-bond acceptors (Lipinski definition) is 3. The van der Waals surface area contributed by atoms with Crippen molar-refractivity contribution in [2.24, 2.45) is 5.73 Å². The first kappa shape index (κ1) is 17.2. The van der Waals surface area contributed by atoms with Gasteiger partial charge in [-0.3, -0.25) is 14.4 Å². The Hall–Kier alpha value is -3.15. The Kier molecular flexibility index (Phi) is 5.68. The summed E-state index contributed by atoms with van der Waals surface area (Å²) in [6.45, 7) is 2.57. The van der Waals surface area contributed by atoms with Crippen LogP contribution in [0.5, 0.6) is 0 Å². The minimum Gasteiger partial charge on any atom is -0.366 e. The molecule has 0 unspecified atom stereocenters. The molecule has 4 N–H and O–H groups in total. The molecule has 0 bridgehead atoms. The van der Waals surface area contributed by atoms with Crippen LogP contribution in [0, 0.1) is 0 Å². The van der Waals surface area contributed by atoms with E-state index in [1.165, 1.54) is 24.3 Å². The Labute approximate surface area is 140 Å². The second-order valence-electron chi connectivity index (χ2n) is 5.23. The van der Waals surface area contributed by atoms with Crippen LogP contribution in [0.25, 0.3) is 0 Å². The van der Waals surface area contributed by atoms with Crippen LogP contribution in [0.2, 0.25) is 0 Å². The summed E-state index contributed by atoms with van der Waals surface area (Å²) in [5.41, 5.74) is 6.88. The molecular formula is C18H19N3O3. The Morgan fingerprint density at radius 2 is 1.58 bits per heavy atom. The van der Waals surface area contributed by atoms with Crippen LogP contribution < -0.4 is 16.4 Å². The number of nitrogens with two attached hydrogens (primary N) is 1. The van der Waals surface area contributed by atoms with E-state index in [-0.39, 0.29) is 11.8 Å². The molecule has 0 atom stereocenters. The molecule has 6 nitrogen and oxygen atoms in total. The fourth-order valence-electron chi connectivity index (χ4n) is 2.07. The van der Waals surface area contributed by atoms with E-state index in [1.54, 1.807) is 24.3 Å². The zero-order valence-corrected chi connectivity index (χ0v) is 13.3. The van der Waals surface area contributed by atoms with Crippen molar-refractivity contribution in [2.75, 3.05) is 11.9 Å². The molecule has 0 aliphatic rings. The molecule has 0 heterocycles. The monoisotopic (exact) mass is 325 g/mol. The topological polar surface area (TPSA) is 101 Å². The molecule has 0 fully saturated rings. The number of amides is 3. The van der Waals surface area contributed by atoms with Gasteiger partial charge in [0.25, 0.3) is 11.8 Å². The SMILES string of the molecule is CCCNC(=O)c1cccc(NC(=O)c2ccc(C(N)=O)cc2)c1. The summed E-state index contributed by atoms with van der Waals surface area (Å²) in [4.78, 5) is 35.2. The molecule has 0 saturated carbocycles. The van der Waals surface area contributed by atoms with Gasteiger partial charge in [0.05, 0.1) is 0 Å². The minimum atomic E-state index is -0.548. The highest BCUT2D eigenvalue weighted by atomic mass is 16.2. The van der Waals surface area contributed by atoms with Crippen molar-refractivity contribution >= 4 is 23.4 Å². The third-order valence-corrected chi connectivity index (χ3v) is 3.35. The molecule has 0 saturated heterocycles. The van der Waals surface area contributed by atoms with Gasteiger partial charge in [0, 0.05) is 28.9 Å². The van der Waals surface area contributed by atoms with Crippen LogP contribution >= 0.6 is 0 Å². The number of benzene rings is 2. The molecule has 24 heavy (non-hydrogen) atoms. The van der Waals surface area contributed by atoms with E-state index in [1.807, 2.05) is 6.92 Å². The van der Waals surface area contributed by atoms with Gasteiger partial charge in [-0.15, -0.1) is 0 Å². The maximum atomic E-state index is 12.2. The largest absolute Gasteiger partial charge is 0.366 e. The second-order valence-corrected chi connectivity index (χ2v) is 5.23. The highest BCUT2D eigenvalue weighted by molar-refractivity contribution is 6.05. The molecule has 0 radical (unpaired) electrons. The van der Waals surface area contributed by atoms with E-state index in [0.29, 0.717) is 28.9 Å². The number of primary amides is 1. The lowest BCUT2D eigenvalue weighted by atomic mass is 10.1. The number of carbonyl (C=O) groups is 3. The lowest BCUT2D eigenvalue weighted by Crippen LogP contribution is -2.24. The molecule has 0 aromatic heterocycles. The van der Waals surface area contributed by atoms with Crippen molar-refractivity contribution < 1.29 is 14.4 Å². The predicted octanol–water partition coefficient (Wildman–Crippen LogP) is 2.18. The normalized spacial score (nSPS) is 10.0. The molecule has 2 aromatic carbocycles. The summed E-state index contributed by atoms with van der Waals surface area (Å²) in [5.74, 6) is -1.07. The lowest BCUT2D eigenvalue weighted by molar-refractivity contribution is 0.0951. The predicted molar refractivity (Wildman–Crippen MR) is 92.0 cm³/mol. The van der Waals surface area contributed by atoms with Gasteiger partial charge in [-0.05, 0) is 48.9 Å². The van der Waals surface area contributed by atoms with Crippen molar-refractivity contribution in [1.82, 2.24) is 5.32 Å². The highest BCUT2D eigenvalue weighted by Gasteiger charge is 2.10. The maximum Gasteiger partial charge on any atom is 0.255 e. The van der Waals surface area contributed by atoms with Gasteiger partial charge in [0.1, 0.15) is 0 Å². The first-order valence-corrected chi connectivity index (χ1v) is 7.60. The van der Waals surface area contributed by atoms with Crippen LogP contribution in [-0.2, 0) is 0 Å². The van der Waals surface area contributed by atoms with Gasteiger partial charge in [-0.25, -0.2) is 0 Å². The zero-order chi connectivity index (χ0) is 17.5. The Morgan fingerprint density at radius 3 is 2.21 bits per heavy atom. The summed E-state index contributed by atoms with van der Waals surface area (Å²) in [6.07, 6.45) is 0.851. The van der Waals surface area contributed by atoms with E-state index in [4.69, 9.17) is 5.73 Å². The number of carbonyl (C=O) groups excluding carboxylic acids is 3. The second kappa shape index (κ2) is 7.92. The summed E-state index contributed by atoms with van der Waals surface area (Å²) in [7, 11) is 0. The maximum absolute atomic E-state index is 12.2. The van der Waals surface area contributed by atoms with Gasteiger partial charge in [-0.2, -0.15) is 0 Å². The van der Waals surface area contributed by atoms with E-state index >= 15 is 0 Å². The first-order chi connectivity index (χ1) is 11.5.